The first-order valence-corrected chi connectivity index (χ1v) is 16.9. The van der Waals surface area contributed by atoms with Crippen molar-refractivity contribution in [3.63, 3.8) is 0 Å². The van der Waals surface area contributed by atoms with Gasteiger partial charge in [0, 0.05) is 0 Å². The van der Waals surface area contributed by atoms with Gasteiger partial charge in [-0.1, -0.05) is 66.8 Å². The number of nitrogens with zero attached hydrogens (tertiary/aromatic N) is 8. The number of carbonyl (C=O) groups is 4. The van der Waals surface area contributed by atoms with Gasteiger partial charge in [-0.25, -0.2) is 0 Å². The van der Waals surface area contributed by atoms with Crippen LogP contribution < -0.4 is 19.6 Å². The Kier molecular flexibility index (Phi) is 4.16. The molecule has 0 aliphatic carbocycles. The zero-order chi connectivity index (χ0) is 34.4. The molecule has 2 fully saturated rings. The second-order valence-corrected chi connectivity index (χ2v) is 13.8. The maximum Gasteiger partial charge on any atom is 0.558 e. The van der Waals surface area contributed by atoms with Crippen LogP contribution in [-0.2, 0) is 19.2 Å². The van der Waals surface area contributed by atoms with Crippen LogP contribution in [0.3, 0.4) is 0 Å². The zero-order valence-electron chi connectivity index (χ0n) is 26.9. The highest BCUT2D eigenvalue weighted by Gasteiger charge is 2.85. The number of anilines is 4. The summed E-state index contributed by atoms with van der Waals surface area (Å²) in [5.74, 6) is -5.32. The summed E-state index contributed by atoms with van der Waals surface area (Å²) in [6.07, 6.45) is 7.99. The molecule has 8 aliphatic rings. The van der Waals surface area contributed by atoms with Crippen LogP contribution in [0, 0.1) is 0 Å². The molecule has 242 valence electrons. The highest BCUT2D eigenvalue weighted by molar-refractivity contribution is 6.50. The van der Waals surface area contributed by atoms with E-state index in [1.54, 1.807) is 19.6 Å². The van der Waals surface area contributed by atoms with E-state index < -0.39 is 35.5 Å². The molecule has 0 atom stereocenters. The minimum Gasteiger partial charge on any atom is -0.262 e. The highest BCUT2D eigenvalue weighted by atomic mass is 16.2. The maximum atomic E-state index is 14.2. The first kappa shape index (κ1) is 26.5. The summed E-state index contributed by atoms with van der Waals surface area (Å²) in [4.78, 5) is 63.4. The monoisotopic (exact) mass is 678 g/mol. The molecule has 0 bridgehead atoms. The molecule has 52 heavy (non-hydrogen) atoms. The predicted octanol–water partition coefficient (Wildman–Crippen LogP) is 3.40. The summed E-state index contributed by atoms with van der Waals surface area (Å²) in [6.45, 7) is 0. The number of hydrogen-bond acceptors (Lipinski definition) is 4. The lowest BCUT2D eigenvalue weighted by atomic mass is 10.1. The lowest BCUT2D eigenvalue weighted by Crippen LogP contribution is -2.68. The molecule has 13 rings (SSSR count). The van der Waals surface area contributed by atoms with E-state index in [4.69, 9.17) is 0 Å². The Morgan fingerprint density at radius 3 is 0.827 bits per heavy atom. The van der Waals surface area contributed by atoms with Crippen molar-refractivity contribution in [3.05, 3.63) is 131 Å². The number of benzene rings is 5. The van der Waals surface area contributed by atoms with E-state index in [1.807, 2.05) is 152 Å². The Morgan fingerprint density at radius 1 is 0.346 bits per heavy atom. The number of hydrogen-bond donors (Lipinski definition) is 0. The third-order valence-electron chi connectivity index (χ3n) is 11.6. The van der Waals surface area contributed by atoms with Gasteiger partial charge < -0.3 is 0 Å². The van der Waals surface area contributed by atoms with Crippen LogP contribution in [0.25, 0.3) is 0 Å². The molecule has 2 spiro atoms. The van der Waals surface area contributed by atoms with Crippen molar-refractivity contribution in [2.45, 2.75) is 11.8 Å². The lowest BCUT2D eigenvalue weighted by Gasteiger charge is -2.35. The molecule has 2 saturated heterocycles. The van der Waals surface area contributed by atoms with Gasteiger partial charge in [-0.05, 0) is 48.5 Å². The van der Waals surface area contributed by atoms with E-state index in [9.17, 15) is 19.2 Å². The van der Waals surface area contributed by atoms with Gasteiger partial charge in [-0.2, -0.15) is 19.6 Å². The van der Waals surface area contributed by atoms with Gasteiger partial charge in [0.05, 0.1) is 57.1 Å². The van der Waals surface area contributed by atoms with Crippen molar-refractivity contribution in [1.29, 1.82) is 0 Å². The average molecular weight is 679 g/mol. The van der Waals surface area contributed by atoms with Gasteiger partial charge in [0.1, 0.15) is 0 Å². The molecule has 5 aromatic rings. The van der Waals surface area contributed by atoms with Gasteiger partial charge in [0.2, 0.25) is 0 Å². The molecule has 4 amide bonds. The largest absolute Gasteiger partial charge is 0.558 e. The Bertz CT molecular complexity index is 2500. The Hall–Kier alpha value is -7.34. The van der Waals surface area contributed by atoms with Gasteiger partial charge >= 0.3 is 35.5 Å². The van der Waals surface area contributed by atoms with Gasteiger partial charge in [0.25, 0.3) is 22.7 Å². The number of amides is 4. The van der Waals surface area contributed by atoms with Gasteiger partial charge in [-0.3, -0.25) is 19.2 Å². The summed E-state index contributed by atoms with van der Waals surface area (Å²) in [5.41, 5.74) is 8.62. The molecular formula is C40H22N8O4+4. The molecule has 0 N–H and O–H groups in total. The average Bonchev–Trinajstić information content (AvgIpc) is 3.79. The SMILES string of the molecule is O=C1C(=O)N2c3ccccc3C=[N+]3c4cc5c(cc4[N+]4=Cc6ccccc6N1C243)[N+]1=Cc2ccccc2N2C(=O)C(=O)N3c4ccccc4C=[N+]5C231. The third kappa shape index (κ3) is 2.48. The molecule has 5 aromatic carbocycles. The second kappa shape index (κ2) is 8.16. The normalized spacial score (nSPS) is 20.3. The van der Waals surface area contributed by atoms with Crippen LogP contribution in [0.2, 0.25) is 0 Å². The molecule has 0 unspecified atom stereocenters. The zero-order valence-corrected chi connectivity index (χ0v) is 26.9. The number of para-hydroxylation sites is 4. The van der Waals surface area contributed by atoms with E-state index in [0.717, 1.165) is 45.0 Å². The van der Waals surface area contributed by atoms with E-state index in [0.29, 0.717) is 22.7 Å². The molecule has 0 radical (unpaired) electrons. The standard InChI is InChI=1S/C40H22N8O4/c49-35-36(50)46-28-14-6-2-10-24(28)20-42-32-18-34-33(17-31(32)41-19-23-9-1-5-13-27(23)45(35)39(41,42)46)43-21-25-11-3-7-15-29(25)47-37(51)38(52)48-30-16-8-4-12-26(30)22-44(34)40(43,47)48/h1-22H/q+4. The summed E-state index contributed by atoms with van der Waals surface area (Å²) in [5, 5.41) is 0. The third-order valence-corrected chi connectivity index (χ3v) is 11.6. The van der Waals surface area contributed by atoms with E-state index >= 15 is 0 Å². The second-order valence-electron chi connectivity index (χ2n) is 13.8. The molecule has 8 heterocycles. The first-order chi connectivity index (χ1) is 25.5. The Morgan fingerprint density at radius 2 is 0.577 bits per heavy atom. The highest BCUT2D eigenvalue weighted by Crippen LogP contribution is 2.61. The quantitative estimate of drug-likeness (QED) is 0.186. The molecule has 0 saturated carbocycles. The van der Waals surface area contributed by atoms with Gasteiger partial charge in [-0.15, -0.1) is 0 Å². The summed E-state index contributed by atoms with van der Waals surface area (Å²) in [7, 11) is 0. The fraction of sp³-hybridized carbons (Fsp3) is 0.0500. The topological polar surface area (TPSA) is 93.3 Å². The first-order valence-electron chi connectivity index (χ1n) is 16.9. The molecule has 0 aromatic heterocycles. The van der Waals surface area contributed by atoms with Crippen LogP contribution >= 0.6 is 0 Å². The van der Waals surface area contributed by atoms with Crippen LogP contribution in [0.5, 0.6) is 0 Å². The summed E-state index contributed by atoms with van der Waals surface area (Å²) in [6, 6.07) is 34.4. The van der Waals surface area contributed by atoms with Crippen LogP contribution in [0.1, 0.15) is 22.3 Å². The van der Waals surface area contributed by atoms with Gasteiger partial charge in [0.15, 0.2) is 24.9 Å². The molecule has 12 nitrogen and oxygen atoms in total. The number of carbonyl (C=O) groups excluding carboxylic acids is 4. The van der Waals surface area contributed by atoms with Crippen molar-refractivity contribution in [2.24, 2.45) is 0 Å². The molecular weight excluding hydrogens is 656 g/mol. The molecule has 12 heteroatoms. The fourth-order valence-corrected chi connectivity index (χ4v) is 9.66. The predicted molar refractivity (Wildman–Crippen MR) is 188 cm³/mol. The Labute approximate surface area is 293 Å². The van der Waals surface area contributed by atoms with Crippen LogP contribution in [0.15, 0.2) is 109 Å². The van der Waals surface area contributed by atoms with Crippen molar-refractivity contribution >= 4 is 94.0 Å². The van der Waals surface area contributed by atoms with Crippen LogP contribution in [0.4, 0.5) is 45.5 Å². The van der Waals surface area contributed by atoms with E-state index in [1.165, 1.54) is 0 Å². The number of rotatable bonds is 0. The minimum absolute atomic E-state index is 0.629. The van der Waals surface area contributed by atoms with Crippen LogP contribution in [-0.4, -0.2) is 78.6 Å². The smallest absolute Gasteiger partial charge is 0.262 e. The summed E-state index contributed by atoms with van der Waals surface area (Å²) >= 11 is 0. The van der Waals surface area contributed by atoms with Crippen molar-refractivity contribution in [2.75, 3.05) is 19.6 Å². The Balaban J connectivity index is 1.17. The minimum atomic E-state index is -1.40. The van der Waals surface area contributed by atoms with Crippen molar-refractivity contribution < 1.29 is 37.5 Å². The maximum absolute atomic E-state index is 14.2. The molecule has 8 aliphatic heterocycles. The fourth-order valence-electron chi connectivity index (χ4n) is 9.66. The number of fused-ring (bicyclic) bond motifs is 14. The van der Waals surface area contributed by atoms with Crippen molar-refractivity contribution in [1.82, 2.24) is 0 Å². The van der Waals surface area contributed by atoms with Crippen molar-refractivity contribution in [3.8, 4) is 0 Å². The van der Waals surface area contributed by atoms with E-state index in [-0.39, 0.29) is 0 Å². The summed E-state index contributed by atoms with van der Waals surface area (Å²) < 4.78 is 8.02. The lowest BCUT2D eigenvalue weighted by molar-refractivity contribution is -0.728. The van der Waals surface area contributed by atoms with E-state index in [2.05, 4.69) is 0 Å².